The summed E-state index contributed by atoms with van der Waals surface area (Å²) in [5.41, 5.74) is 7.33. The average Bonchev–Trinajstić information content (AvgIpc) is 2.75. The van der Waals surface area contributed by atoms with Crippen LogP contribution in [0.2, 0.25) is 0 Å². The molecular formula is C14H19N5O. The van der Waals surface area contributed by atoms with Gasteiger partial charge >= 0.3 is 0 Å². The largest absolute Gasteiger partial charge is 0.369 e. The van der Waals surface area contributed by atoms with Crippen molar-refractivity contribution < 1.29 is 4.79 Å². The van der Waals surface area contributed by atoms with Gasteiger partial charge in [-0.3, -0.25) is 9.36 Å². The van der Waals surface area contributed by atoms with Crippen molar-refractivity contribution in [1.29, 1.82) is 0 Å². The van der Waals surface area contributed by atoms with Crippen LogP contribution in [0.25, 0.3) is 11.2 Å². The van der Waals surface area contributed by atoms with Crippen LogP contribution in [0, 0.1) is 5.92 Å². The Morgan fingerprint density at radius 1 is 1.35 bits per heavy atom. The molecule has 2 aromatic heterocycles. The summed E-state index contributed by atoms with van der Waals surface area (Å²) in [7, 11) is 0. The van der Waals surface area contributed by atoms with E-state index < -0.39 is 0 Å². The molecule has 0 amide bonds. The second kappa shape index (κ2) is 5.19. The molecule has 0 bridgehead atoms. The zero-order valence-corrected chi connectivity index (χ0v) is 11.7. The van der Waals surface area contributed by atoms with Crippen molar-refractivity contribution in [1.82, 2.24) is 19.5 Å². The van der Waals surface area contributed by atoms with Gasteiger partial charge in [0.15, 0.2) is 17.3 Å². The van der Waals surface area contributed by atoms with E-state index in [0.717, 1.165) is 6.54 Å². The van der Waals surface area contributed by atoms with Crippen LogP contribution in [0.5, 0.6) is 0 Å². The number of nitrogen functional groups attached to an aromatic ring is 1. The van der Waals surface area contributed by atoms with Gasteiger partial charge in [-0.2, -0.15) is 0 Å². The lowest BCUT2D eigenvalue weighted by Gasteiger charge is -2.22. The summed E-state index contributed by atoms with van der Waals surface area (Å²) in [6.07, 6.45) is 7.92. The van der Waals surface area contributed by atoms with Crippen molar-refractivity contribution >= 4 is 22.9 Å². The van der Waals surface area contributed by atoms with Gasteiger partial charge in [0.2, 0.25) is 5.95 Å². The van der Waals surface area contributed by atoms with Crippen molar-refractivity contribution in [3.05, 3.63) is 12.0 Å². The summed E-state index contributed by atoms with van der Waals surface area (Å²) in [4.78, 5) is 24.0. The molecule has 1 saturated carbocycles. The maximum absolute atomic E-state index is 11.4. The number of imidazole rings is 1. The number of rotatable bonds is 3. The number of anilines is 1. The molecule has 20 heavy (non-hydrogen) atoms. The molecule has 0 radical (unpaired) electrons. The molecule has 1 fully saturated rings. The predicted octanol–water partition coefficient (Wildman–Crippen LogP) is 2.19. The number of fused-ring (bicyclic) bond motifs is 1. The van der Waals surface area contributed by atoms with Gasteiger partial charge in [0.05, 0.1) is 6.20 Å². The van der Waals surface area contributed by atoms with Crippen LogP contribution in [-0.2, 0) is 6.54 Å². The quantitative estimate of drug-likeness (QED) is 0.866. The highest BCUT2D eigenvalue weighted by molar-refractivity contribution is 5.91. The highest BCUT2D eigenvalue weighted by atomic mass is 16.1. The first kappa shape index (κ1) is 13.0. The summed E-state index contributed by atoms with van der Waals surface area (Å²) in [5.74, 6) is 1.16. The molecule has 0 atom stereocenters. The number of carbonyl (C=O) groups is 1. The number of ketones is 1. The Morgan fingerprint density at radius 3 is 2.80 bits per heavy atom. The smallest absolute Gasteiger partial charge is 0.202 e. The van der Waals surface area contributed by atoms with E-state index >= 15 is 0 Å². The molecule has 0 unspecified atom stereocenters. The Morgan fingerprint density at radius 2 is 2.10 bits per heavy atom. The van der Waals surface area contributed by atoms with Crippen LogP contribution in [0.3, 0.4) is 0 Å². The molecule has 3 rings (SSSR count). The fourth-order valence-corrected chi connectivity index (χ4v) is 2.91. The van der Waals surface area contributed by atoms with Crippen LogP contribution in [0.4, 0.5) is 5.95 Å². The molecule has 2 N–H and O–H groups in total. The molecule has 6 heteroatoms. The molecule has 0 saturated heterocycles. The van der Waals surface area contributed by atoms with Crippen LogP contribution < -0.4 is 5.73 Å². The van der Waals surface area contributed by atoms with Gasteiger partial charge in [0.25, 0.3) is 0 Å². The van der Waals surface area contributed by atoms with Crippen molar-refractivity contribution in [2.45, 2.75) is 45.6 Å². The summed E-state index contributed by atoms with van der Waals surface area (Å²) < 4.78 is 1.93. The first-order valence-corrected chi connectivity index (χ1v) is 7.15. The minimum absolute atomic E-state index is 0.143. The molecular weight excluding hydrogens is 254 g/mol. The van der Waals surface area contributed by atoms with E-state index in [1.165, 1.54) is 39.0 Å². The highest BCUT2D eigenvalue weighted by Crippen LogP contribution is 2.27. The number of nitrogens with zero attached hydrogens (tertiary/aromatic N) is 4. The standard InChI is InChI=1S/C14H19N5O/c1-9(20)12-16-7-11-13(18-12)19(14(15)17-11)8-10-5-3-2-4-6-10/h7,10H,2-6,8H2,1H3,(H2,15,17). The molecule has 0 spiro atoms. The monoisotopic (exact) mass is 273 g/mol. The zero-order valence-electron chi connectivity index (χ0n) is 11.7. The molecule has 2 aromatic rings. The summed E-state index contributed by atoms with van der Waals surface area (Å²) in [6.45, 7) is 2.29. The Kier molecular flexibility index (Phi) is 3.38. The van der Waals surface area contributed by atoms with Gasteiger partial charge in [-0.05, 0) is 18.8 Å². The number of hydrogen-bond acceptors (Lipinski definition) is 5. The second-order valence-electron chi connectivity index (χ2n) is 5.54. The van der Waals surface area contributed by atoms with Gasteiger partial charge < -0.3 is 5.73 Å². The SMILES string of the molecule is CC(=O)c1ncc2nc(N)n(CC3CCCCC3)c2n1. The minimum atomic E-state index is -0.143. The molecule has 6 nitrogen and oxygen atoms in total. The lowest BCUT2D eigenvalue weighted by Crippen LogP contribution is -2.16. The van der Waals surface area contributed by atoms with E-state index in [1.807, 2.05) is 4.57 Å². The topological polar surface area (TPSA) is 86.7 Å². The Labute approximate surface area is 117 Å². The van der Waals surface area contributed by atoms with E-state index in [9.17, 15) is 4.79 Å². The third kappa shape index (κ3) is 2.37. The highest BCUT2D eigenvalue weighted by Gasteiger charge is 2.18. The molecule has 1 aliphatic rings. The zero-order chi connectivity index (χ0) is 14.1. The van der Waals surface area contributed by atoms with E-state index in [-0.39, 0.29) is 11.6 Å². The van der Waals surface area contributed by atoms with E-state index in [1.54, 1.807) is 6.20 Å². The maximum atomic E-state index is 11.4. The summed E-state index contributed by atoms with van der Waals surface area (Å²) in [6, 6.07) is 0. The van der Waals surface area contributed by atoms with Gasteiger partial charge in [-0.15, -0.1) is 0 Å². The number of Topliss-reactive ketones (excluding diaryl/α,β-unsaturated/α-hetero) is 1. The Bertz CT molecular complexity index is 642. The molecule has 0 aliphatic heterocycles. The second-order valence-corrected chi connectivity index (χ2v) is 5.54. The first-order chi connectivity index (χ1) is 9.65. The first-order valence-electron chi connectivity index (χ1n) is 7.15. The number of nitrogens with two attached hydrogens (primary N) is 1. The number of hydrogen-bond donors (Lipinski definition) is 1. The third-order valence-electron chi connectivity index (χ3n) is 4.00. The van der Waals surface area contributed by atoms with Crippen LogP contribution in [0.1, 0.15) is 49.6 Å². The minimum Gasteiger partial charge on any atom is -0.369 e. The lowest BCUT2D eigenvalue weighted by atomic mass is 9.89. The third-order valence-corrected chi connectivity index (χ3v) is 4.00. The fraction of sp³-hybridized carbons (Fsp3) is 0.571. The average molecular weight is 273 g/mol. The summed E-state index contributed by atoms with van der Waals surface area (Å²) in [5, 5.41) is 0. The van der Waals surface area contributed by atoms with E-state index in [2.05, 4.69) is 15.0 Å². The van der Waals surface area contributed by atoms with Crippen molar-refractivity contribution in [2.24, 2.45) is 5.92 Å². The molecule has 1 aliphatic carbocycles. The van der Waals surface area contributed by atoms with Crippen LogP contribution >= 0.6 is 0 Å². The molecule has 2 heterocycles. The van der Waals surface area contributed by atoms with Gasteiger partial charge in [-0.1, -0.05) is 19.3 Å². The van der Waals surface area contributed by atoms with Crippen LogP contribution in [-0.4, -0.2) is 25.3 Å². The molecule has 0 aromatic carbocycles. The lowest BCUT2D eigenvalue weighted by molar-refractivity contribution is 0.100. The fourth-order valence-electron chi connectivity index (χ4n) is 2.91. The van der Waals surface area contributed by atoms with Gasteiger partial charge in [0, 0.05) is 13.5 Å². The van der Waals surface area contributed by atoms with Crippen molar-refractivity contribution in [3.63, 3.8) is 0 Å². The maximum Gasteiger partial charge on any atom is 0.202 e. The van der Waals surface area contributed by atoms with Crippen molar-refractivity contribution in [2.75, 3.05) is 5.73 Å². The van der Waals surface area contributed by atoms with Crippen molar-refractivity contribution in [3.8, 4) is 0 Å². The number of carbonyl (C=O) groups excluding carboxylic acids is 1. The van der Waals surface area contributed by atoms with Gasteiger partial charge in [0.1, 0.15) is 5.52 Å². The molecule has 106 valence electrons. The van der Waals surface area contributed by atoms with Gasteiger partial charge in [-0.25, -0.2) is 15.0 Å². The Hall–Kier alpha value is -1.98. The normalized spacial score (nSPS) is 16.6. The predicted molar refractivity (Wildman–Crippen MR) is 76.3 cm³/mol. The van der Waals surface area contributed by atoms with E-state index in [0.29, 0.717) is 23.0 Å². The summed E-state index contributed by atoms with van der Waals surface area (Å²) >= 11 is 0. The number of aromatic nitrogens is 4. The van der Waals surface area contributed by atoms with E-state index in [4.69, 9.17) is 5.73 Å². The Balaban J connectivity index is 1.97. The van der Waals surface area contributed by atoms with Crippen LogP contribution in [0.15, 0.2) is 6.20 Å².